The molecule has 0 spiro atoms. The molecule has 1 unspecified atom stereocenters. The Morgan fingerprint density at radius 3 is 2.59 bits per heavy atom. The Morgan fingerprint density at radius 1 is 1.21 bits per heavy atom. The summed E-state index contributed by atoms with van der Waals surface area (Å²) in [7, 11) is 1.67. The third-order valence-corrected chi connectivity index (χ3v) is 3.95. The number of aliphatic imine (C=N–C) groups is 1. The smallest absolute Gasteiger partial charge is 0.287 e. The molecule has 1 atom stereocenters. The molecular formula is C20H28FIN4O3. The number of hydrogen-bond acceptors (Lipinski definition) is 4. The van der Waals surface area contributed by atoms with Gasteiger partial charge in [-0.25, -0.2) is 4.39 Å². The molecule has 0 fully saturated rings. The second kappa shape index (κ2) is 13.0. The zero-order valence-electron chi connectivity index (χ0n) is 16.8. The minimum Gasteiger partial charge on any atom is -0.486 e. The van der Waals surface area contributed by atoms with Crippen LogP contribution in [-0.2, 0) is 0 Å². The molecule has 0 aliphatic rings. The van der Waals surface area contributed by atoms with Crippen molar-refractivity contribution in [3.8, 4) is 5.75 Å². The van der Waals surface area contributed by atoms with Gasteiger partial charge in [-0.3, -0.25) is 9.79 Å². The van der Waals surface area contributed by atoms with Crippen LogP contribution in [0.25, 0.3) is 0 Å². The molecule has 0 saturated heterocycles. The maximum Gasteiger partial charge on any atom is 0.287 e. The van der Waals surface area contributed by atoms with Crippen LogP contribution in [0.4, 0.5) is 4.39 Å². The molecule has 7 nitrogen and oxygen atoms in total. The number of ether oxygens (including phenoxy) is 1. The highest BCUT2D eigenvalue weighted by molar-refractivity contribution is 14.0. The van der Waals surface area contributed by atoms with Crippen LogP contribution in [0.15, 0.2) is 46.0 Å². The second-order valence-electron chi connectivity index (χ2n) is 6.28. The monoisotopic (exact) mass is 518 g/mol. The molecule has 1 aromatic carbocycles. The fourth-order valence-electron chi connectivity index (χ4n) is 2.44. The van der Waals surface area contributed by atoms with Gasteiger partial charge in [0.2, 0.25) is 0 Å². The Bertz CT molecular complexity index is 798. The van der Waals surface area contributed by atoms with E-state index < -0.39 is 0 Å². The Hall–Kier alpha value is -2.30. The molecule has 1 heterocycles. The SMILES string of the molecule is CN=C(NCCCNC(=O)c1occc1C)NCC(C)Oc1ccccc1F.I. The number of carbonyl (C=O) groups is 1. The zero-order chi connectivity index (χ0) is 20.4. The molecule has 0 aliphatic heterocycles. The van der Waals surface area contributed by atoms with Crippen LogP contribution >= 0.6 is 24.0 Å². The van der Waals surface area contributed by atoms with E-state index in [-0.39, 0.29) is 47.6 Å². The van der Waals surface area contributed by atoms with Crippen LogP contribution in [0.2, 0.25) is 0 Å². The number of hydrogen-bond donors (Lipinski definition) is 3. The molecule has 3 N–H and O–H groups in total. The number of para-hydroxylation sites is 1. The second-order valence-corrected chi connectivity index (χ2v) is 6.28. The number of aryl methyl sites for hydroxylation is 1. The first-order chi connectivity index (χ1) is 13.5. The van der Waals surface area contributed by atoms with Gasteiger partial charge in [-0.15, -0.1) is 24.0 Å². The van der Waals surface area contributed by atoms with E-state index in [1.165, 1.54) is 12.3 Å². The number of halogens is 2. The van der Waals surface area contributed by atoms with E-state index in [0.717, 1.165) is 5.56 Å². The van der Waals surface area contributed by atoms with Crippen molar-refractivity contribution in [1.29, 1.82) is 0 Å². The molecule has 2 aromatic rings. The van der Waals surface area contributed by atoms with Gasteiger partial charge >= 0.3 is 0 Å². The summed E-state index contributed by atoms with van der Waals surface area (Å²) in [5.41, 5.74) is 0.812. The van der Waals surface area contributed by atoms with Crippen molar-refractivity contribution in [2.24, 2.45) is 4.99 Å². The highest BCUT2D eigenvalue weighted by Crippen LogP contribution is 2.16. The topological polar surface area (TPSA) is 87.9 Å². The lowest BCUT2D eigenvalue weighted by Gasteiger charge is -2.18. The van der Waals surface area contributed by atoms with Crippen molar-refractivity contribution in [3.05, 3.63) is 53.7 Å². The molecule has 9 heteroatoms. The lowest BCUT2D eigenvalue weighted by molar-refractivity contribution is 0.0925. The highest BCUT2D eigenvalue weighted by atomic mass is 127. The van der Waals surface area contributed by atoms with Gasteiger partial charge in [0.05, 0.1) is 12.8 Å². The van der Waals surface area contributed by atoms with Gasteiger partial charge in [0.15, 0.2) is 23.3 Å². The lowest BCUT2D eigenvalue weighted by atomic mass is 10.2. The molecule has 0 radical (unpaired) electrons. The van der Waals surface area contributed by atoms with E-state index in [9.17, 15) is 9.18 Å². The van der Waals surface area contributed by atoms with Gasteiger partial charge in [0.25, 0.3) is 5.91 Å². The van der Waals surface area contributed by atoms with Gasteiger partial charge in [-0.05, 0) is 38.5 Å². The van der Waals surface area contributed by atoms with Crippen molar-refractivity contribution >= 4 is 35.8 Å². The number of rotatable bonds is 9. The first-order valence-electron chi connectivity index (χ1n) is 9.19. The summed E-state index contributed by atoms with van der Waals surface area (Å²) in [6.45, 7) is 5.27. The summed E-state index contributed by atoms with van der Waals surface area (Å²) in [5, 5.41) is 9.09. The van der Waals surface area contributed by atoms with Crippen LogP contribution in [0, 0.1) is 12.7 Å². The zero-order valence-corrected chi connectivity index (χ0v) is 19.2. The number of amides is 1. The third kappa shape index (κ3) is 8.30. The predicted molar refractivity (Wildman–Crippen MR) is 122 cm³/mol. The molecular weight excluding hydrogens is 490 g/mol. The van der Waals surface area contributed by atoms with Crippen LogP contribution < -0.4 is 20.7 Å². The fraction of sp³-hybridized carbons (Fsp3) is 0.400. The van der Waals surface area contributed by atoms with E-state index in [2.05, 4.69) is 20.9 Å². The van der Waals surface area contributed by atoms with Crippen molar-refractivity contribution in [3.63, 3.8) is 0 Å². The molecule has 2 rings (SSSR count). The maximum atomic E-state index is 13.6. The molecule has 1 aromatic heterocycles. The molecule has 160 valence electrons. The molecule has 0 bridgehead atoms. The maximum absolute atomic E-state index is 13.6. The summed E-state index contributed by atoms with van der Waals surface area (Å²) in [6, 6.07) is 8.06. The van der Waals surface area contributed by atoms with E-state index in [4.69, 9.17) is 9.15 Å². The predicted octanol–water partition coefficient (Wildman–Crippen LogP) is 3.10. The number of nitrogens with zero attached hydrogens (tertiary/aromatic N) is 1. The number of benzene rings is 1. The van der Waals surface area contributed by atoms with E-state index in [0.29, 0.717) is 37.8 Å². The van der Waals surface area contributed by atoms with Gasteiger partial charge in [-0.2, -0.15) is 0 Å². The Kier molecular flexibility index (Phi) is 11.1. The van der Waals surface area contributed by atoms with Crippen molar-refractivity contribution in [2.45, 2.75) is 26.4 Å². The first-order valence-corrected chi connectivity index (χ1v) is 9.19. The van der Waals surface area contributed by atoms with E-state index in [1.54, 1.807) is 31.3 Å². The van der Waals surface area contributed by atoms with E-state index in [1.807, 2.05) is 13.8 Å². The average Bonchev–Trinajstić information content (AvgIpc) is 3.11. The van der Waals surface area contributed by atoms with Crippen molar-refractivity contribution in [2.75, 3.05) is 26.7 Å². The summed E-state index contributed by atoms with van der Waals surface area (Å²) in [5.74, 6) is 0.571. The van der Waals surface area contributed by atoms with Crippen molar-refractivity contribution in [1.82, 2.24) is 16.0 Å². The summed E-state index contributed by atoms with van der Waals surface area (Å²) in [4.78, 5) is 16.1. The average molecular weight is 518 g/mol. The quantitative estimate of drug-likeness (QED) is 0.206. The normalized spacial score (nSPS) is 11.9. The number of nitrogens with one attached hydrogen (secondary N) is 3. The van der Waals surface area contributed by atoms with Gasteiger partial charge < -0.3 is 25.1 Å². The van der Waals surface area contributed by atoms with Crippen molar-refractivity contribution < 1.29 is 18.3 Å². The standard InChI is InChI=1S/C20H27FN4O3.HI/c1-14-9-12-27-18(14)19(26)23-10-6-11-24-20(22-3)25-13-15(2)28-17-8-5-4-7-16(17)21;/h4-5,7-9,12,15H,6,10-11,13H2,1-3H3,(H,23,26)(H2,22,24,25);1H. The number of furan rings is 1. The number of guanidine groups is 1. The van der Waals surface area contributed by atoms with E-state index >= 15 is 0 Å². The molecule has 0 saturated carbocycles. The first kappa shape index (κ1) is 24.7. The van der Waals surface area contributed by atoms with Crippen LogP contribution in [0.5, 0.6) is 5.75 Å². The Morgan fingerprint density at radius 2 is 1.93 bits per heavy atom. The van der Waals surface area contributed by atoms with Crippen LogP contribution in [0.1, 0.15) is 29.5 Å². The molecule has 29 heavy (non-hydrogen) atoms. The minimum atomic E-state index is -0.386. The summed E-state index contributed by atoms with van der Waals surface area (Å²) in [6.07, 6.45) is 1.97. The van der Waals surface area contributed by atoms with Crippen LogP contribution in [-0.4, -0.2) is 44.7 Å². The minimum absolute atomic E-state index is 0. The van der Waals surface area contributed by atoms with Gasteiger partial charge in [-0.1, -0.05) is 12.1 Å². The number of carbonyl (C=O) groups excluding carboxylic acids is 1. The third-order valence-electron chi connectivity index (χ3n) is 3.95. The molecule has 1 amide bonds. The molecule has 0 aliphatic carbocycles. The lowest BCUT2D eigenvalue weighted by Crippen LogP contribution is -2.42. The summed E-state index contributed by atoms with van der Waals surface area (Å²) < 4.78 is 24.3. The van der Waals surface area contributed by atoms with Gasteiger partial charge in [0, 0.05) is 25.7 Å². The van der Waals surface area contributed by atoms with Gasteiger partial charge in [0.1, 0.15) is 6.10 Å². The Balaban J connectivity index is 0.00000420. The Labute approximate surface area is 187 Å². The summed E-state index contributed by atoms with van der Waals surface area (Å²) >= 11 is 0. The largest absolute Gasteiger partial charge is 0.486 e. The highest BCUT2D eigenvalue weighted by Gasteiger charge is 2.11. The van der Waals surface area contributed by atoms with Crippen LogP contribution in [0.3, 0.4) is 0 Å². The fourth-order valence-corrected chi connectivity index (χ4v) is 2.44.